The predicted molar refractivity (Wildman–Crippen MR) is 105 cm³/mol. The topological polar surface area (TPSA) is 73.9 Å². The summed E-state index contributed by atoms with van der Waals surface area (Å²) in [6.07, 6.45) is 2.25. The van der Waals surface area contributed by atoms with E-state index in [1.807, 2.05) is 31.2 Å². The lowest BCUT2D eigenvalue weighted by Crippen LogP contribution is -2.49. The van der Waals surface area contributed by atoms with Gasteiger partial charge in [0.2, 0.25) is 10.0 Å². The van der Waals surface area contributed by atoms with Crippen LogP contribution in [0.5, 0.6) is 11.5 Å². The van der Waals surface area contributed by atoms with Crippen LogP contribution in [0.4, 0.5) is 0 Å². The number of rotatable bonds is 5. The van der Waals surface area contributed by atoms with Crippen LogP contribution in [0, 0.1) is 6.92 Å². The van der Waals surface area contributed by atoms with Gasteiger partial charge in [0.15, 0.2) is 0 Å². The maximum Gasteiger partial charge on any atom is 0.240 e. The number of benzene rings is 2. The number of hydrogen-bond donors (Lipinski definition) is 1. The molecule has 0 aromatic heterocycles. The summed E-state index contributed by atoms with van der Waals surface area (Å²) < 4.78 is 45.6. The molecular weight excluding hydrogens is 378 g/mol. The van der Waals surface area contributed by atoms with E-state index in [4.69, 9.17) is 14.2 Å². The van der Waals surface area contributed by atoms with Crippen molar-refractivity contribution in [2.75, 3.05) is 13.2 Å². The molecule has 0 amide bonds. The van der Waals surface area contributed by atoms with Gasteiger partial charge in [0.05, 0.1) is 30.3 Å². The van der Waals surface area contributed by atoms with Crippen molar-refractivity contribution < 1.29 is 22.6 Å². The normalized spacial score (nSPS) is 25.1. The highest BCUT2D eigenvalue weighted by atomic mass is 32.2. The van der Waals surface area contributed by atoms with E-state index in [0.717, 1.165) is 24.2 Å². The van der Waals surface area contributed by atoms with Crippen molar-refractivity contribution >= 4 is 10.0 Å². The monoisotopic (exact) mass is 403 g/mol. The molecule has 1 N–H and O–H groups in total. The number of sulfonamides is 1. The second kappa shape index (κ2) is 8.21. The first-order valence-electron chi connectivity index (χ1n) is 9.60. The highest BCUT2D eigenvalue weighted by molar-refractivity contribution is 7.89. The molecule has 1 aliphatic carbocycles. The molecule has 0 bridgehead atoms. The van der Waals surface area contributed by atoms with E-state index in [-0.39, 0.29) is 23.1 Å². The second-order valence-electron chi connectivity index (χ2n) is 7.29. The largest absolute Gasteiger partial charge is 0.457 e. The van der Waals surface area contributed by atoms with Gasteiger partial charge in [-0.15, -0.1) is 0 Å². The maximum absolute atomic E-state index is 12.8. The standard InChI is InChI=1S/C21H25NO5S/c1-15-4-2-3-5-19(15)27-17-7-9-18(10-8-17)28(23,24)22-16-6-11-20-21(14-16)26-13-12-25-20/h2-5,7-10,16,20-22H,6,11-14H2,1H3. The Morgan fingerprint density at radius 1 is 0.964 bits per heavy atom. The smallest absolute Gasteiger partial charge is 0.240 e. The summed E-state index contributed by atoms with van der Waals surface area (Å²) in [5, 5.41) is 0. The lowest BCUT2D eigenvalue weighted by atomic mass is 9.90. The summed E-state index contributed by atoms with van der Waals surface area (Å²) in [7, 11) is -3.60. The van der Waals surface area contributed by atoms with Crippen LogP contribution in [0.3, 0.4) is 0 Å². The van der Waals surface area contributed by atoms with Crippen molar-refractivity contribution in [3.63, 3.8) is 0 Å². The molecule has 1 saturated carbocycles. The quantitative estimate of drug-likeness (QED) is 0.828. The van der Waals surface area contributed by atoms with Crippen molar-refractivity contribution in [1.82, 2.24) is 4.72 Å². The third-order valence-electron chi connectivity index (χ3n) is 5.26. The van der Waals surface area contributed by atoms with Crippen LogP contribution in [-0.4, -0.2) is 39.9 Å². The molecule has 2 aromatic carbocycles. The van der Waals surface area contributed by atoms with E-state index in [9.17, 15) is 8.42 Å². The van der Waals surface area contributed by atoms with Crippen molar-refractivity contribution in [2.24, 2.45) is 0 Å². The van der Waals surface area contributed by atoms with Gasteiger partial charge in [-0.05, 0) is 62.1 Å². The van der Waals surface area contributed by atoms with Crippen LogP contribution in [0.15, 0.2) is 53.4 Å². The minimum Gasteiger partial charge on any atom is -0.457 e. The van der Waals surface area contributed by atoms with Gasteiger partial charge in [0.25, 0.3) is 0 Å². The molecule has 6 nitrogen and oxygen atoms in total. The van der Waals surface area contributed by atoms with Gasteiger partial charge in [-0.25, -0.2) is 13.1 Å². The van der Waals surface area contributed by atoms with Crippen LogP contribution in [0.1, 0.15) is 24.8 Å². The first-order chi connectivity index (χ1) is 13.5. The number of para-hydroxylation sites is 1. The lowest BCUT2D eigenvalue weighted by Gasteiger charge is -2.38. The highest BCUT2D eigenvalue weighted by Gasteiger charge is 2.35. The molecule has 2 aliphatic rings. The van der Waals surface area contributed by atoms with Crippen LogP contribution in [0.25, 0.3) is 0 Å². The van der Waals surface area contributed by atoms with Crippen molar-refractivity contribution in [2.45, 2.75) is 49.3 Å². The fourth-order valence-electron chi connectivity index (χ4n) is 3.75. The molecule has 0 spiro atoms. The maximum atomic E-state index is 12.8. The summed E-state index contributed by atoms with van der Waals surface area (Å²) in [6, 6.07) is 14.1. The molecule has 1 heterocycles. The Bertz CT molecular complexity index is 913. The Morgan fingerprint density at radius 2 is 1.68 bits per heavy atom. The molecule has 2 aromatic rings. The second-order valence-corrected chi connectivity index (χ2v) is 9.00. The minimum absolute atomic E-state index is 0.0277. The number of nitrogens with one attached hydrogen (secondary N) is 1. The van der Waals surface area contributed by atoms with E-state index in [2.05, 4.69) is 4.72 Å². The molecule has 4 rings (SSSR count). The first-order valence-corrected chi connectivity index (χ1v) is 11.1. The third-order valence-corrected chi connectivity index (χ3v) is 6.79. The zero-order valence-corrected chi connectivity index (χ0v) is 16.7. The van der Waals surface area contributed by atoms with Gasteiger partial charge >= 0.3 is 0 Å². The molecule has 28 heavy (non-hydrogen) atoms. The van der Waals surface area contributed by atoms with Gasteiger partial charge in [0.1, 0.15) is 11.5 Å². The SMILES string of the molecule is Cc1ccccc1Oc1ccc(S(=O)(=O)NC2CCC3OCCOC3C2)cc1. The van der Waals surface area contributed by atoms with Crippen LogP contribution >= 0.6 is 0 Å². The fourth-order valence-corrected chi connectivity index (χ4v) is 5.03. The van der Waals surface area contributed by atoms with Crippen LogP contribution in [-0.2, 0) is 19.5 Å². The Hall–Kier alpha value is -1.93. The molecule has 2 fully saturated rings. The summed E-state index contributed by atoms with van der Waals surface area (Å²) in [5.41, 5.74) is 1.02. The number of fused-ring (bicyclic) bond motifs is 1. The van der Waals surface area contributed by atoms with Crippen molar-refractivity contribution in [3.8, 4) is 11.5 Å². The molecular formula is C21H25NO5S. The molecule has 7 heteroatoms. The Balaban J connectivity index is 1.41. The van der Waals surface area contributed by atoms with Gasteiger partial charge in [-0.3, -0.25) is 0 Å². The van der Waals surface area contributed by atoms with Crippen molar-refractivity contribution in [3.05, 3.63) is 54.1 Å². The van der Waals surface area contributed by atoms with Crippen molar-refractivity contribution in [1.29, 1.82) is 0 Å². The molecule has 150 valence electrons. The summed E-state index contributed by atoms with van der Waals surface area (Å²) >= 11 is 0. The molecule has 1 saturated heterocycles. The molecule has 3 atom stereocenters. The number of aryl methyl sites for hydroxylation is 1. The van der Waals surface area contributed by atoms with Gasteiger partial charge in [-0.2, -0.15) is 0 Å². The van der Waals surface area contributed by atoms with E-state index in [0.29, 0.717) is 25.4 Å². The summed E-state index contributed by atoms with van der Waals surface area (Å²) in [6.45, 7) is 3.16. The number of ether oxygens (including phenoxy) is 3. The van der Waals surface area contributed by atoms with Crippen LogP contribution in [0.2, 0.25) is 0 Å². The zero-order valence-electron chi connectivity index (χ0n) is 15.8. The van der Waals surface area contributed by atoms with Gasteiger partial charge in [-0.1, -0.05) is 18.2 Å². The van der Waals surface area contributed by atoms with Gasteiger partial charge in [0, 0.05) is 6.04 Å². The lowest BCUT2D eigenvalue weighted by molar-refractivity contribution is -0.156. The Labute approximate surface area is 165 Å². The average Bonchev–Trinajstić information content (AvgIpc) is 2.70. The molecule has 1 aliphatic heterocycles. The minimum atomic E-state index is -3.60. The van der Waals surface area contributed by atoms with E-state index >= 15 is 0 Å². The first kappa shape index (κ1) is 19.4. The van der Waals surface area contributed by atoms with E-state index in [1.165, 1.54) is 0 Å². The van der Waals surface area contributed by atoms with Crippen LogP contribution < -0.4 is 9.46 Å². The fraction of sp³-hybridized carbons (Fsp3) is 0.429. The molecule has 3 unspecified atom stereocenters. The van der Waals surface area contributed by atoms with Gasteiger partial charge < -0.3 is 14.2 Å². The average molecular weight is 404 g/mol. The number of hydrogen-bond acceptors (Lipinski definition) is 5. The van der Waals surface area contributed by atoms with E-state index in [1.54, 1.807) is 24.3 Å². The Morgan fingerprint density at radius 3 is 2.43 bits per heavy atom. The molecule has 0 radical (unpaired) electrons. The highest BCUT2D eigenvalue weighted by Crippen LogP contribution is 2.29. The summed E-state index contributed by atoms with van der Waals surface area (Å²) in [5.74, 6) is 1.35. The Kier molecular flexibility index (Phi) is 5.68. The van der Waals surface area contributed by atoms with E-state index < -0.39 is 10.0 Å². The third kappa shape index (κ3) is 4.38. The predicted octanol–water partition coefficient (Wildman–Crippen LogP) is 3.40. The summed E-state index contributed by atoms with van der Waals surface area (Å²) in [4.78, 5) is 0.229. The zero-order chi connectivity index (χ0) is 19.6.